The molecule has 0 aliphatic rings. The highest BCUT2D eigenvalue weighted by Gasteiger charge is 2.17. The quantitative estimate of drug-likeness (QED) is 0.657. The van der Waals surface area contributed by atoms with Crippen molar-refractivity contribution in [2.75, 3.05) is 13.7 Å². The van der Waals surface area contributed by atoms with Crippen LogP contribution in [0, 0.1) is 0 Å². The van der Waals surface area contributed by atoms with Crippen molar-refractivity contribution in [3.63, 3.8) is 0 Å². The Morgan fingerprint density at radius 1 is 1.00 bits per heavy atom. The first kappa shape index (κ1) is 17.6. The highest BCUT2D eigenvalue weighted by molar-refractivity contribution is 5.91. The van der Waals surface area contributed by atoms with Gasteiger partial charge in [0.25, 0.3) is 5.91 Å². The molecule has 3 rings (SSSR count). The molecule has 0 aliphatic carbocycles. The summed E-state index contributed by atoms with van der Waals surface area (Å²) >= 11 is 0. The second kappa shape index (κ2) is 8.76. The number of nitrogens with zero attached hydrogens (tertiary/aromatic N) is 3. The normalized spacial score (nSPS) is 10.3. The van der Waals surface area contributed by atoms with Crippen LogP contribution in [0.2, 0.25) is 0 Å². The lowest BCUT2D eigenvalue weighted by Gasteiger charge is -2.22. The average Bonchev–Trinajstić information content (AvgIpc) is 2.72. The van der Waals surface area contributed by atoms with Crippen molar-refractivity contribution in [1.29, 1.82) is 0 Å². The second-order valence-electron chi connectivity index (χ2n) is 5.90. The summed E-state index contributed by atoms with van der Waals surface area (Å²) in [6.07, 6.45) is 5.36. The Bertz CT molecular complexity index is 821. The Balaban J connectivity index is 1.74. The summed E-state index contributed by atoms with van der Waals surface area (Å²) in [5.41, 5.74) is 2.59. The fourth-order valence-electron chi connectivity index (χ4n) is 2.68. The number of methoxy groups -OCH3 is 1. The summed E-state index contributed by atoms with van der Waals surface area (Å²) in [4.78, 5) is 22.8. The lowest BCUT2D eigenvalue weighted by Crippen LogP contribution is -2.33. The highest BCUT2D eigenvalue weighted by Crippen LogP contribution is 2.14. The first-order chi connectivity index (χ1) is 12.8. The van der Waals surface area contributed by atoms with Crippen LogP contribution >= 0.6 is 0 Å². The van der Waals surface area contributed by atoms with Crippen molar-refractivity contribution >= 4 is 5.91 Å². The molecular formula is C21H21N3O2. The van der Waals surface area contributed by atoms with Crippen LogP contribution in [0.5, 0.6) is 5.75 Å². The van der Waals surface area contributed by atoms with E-state index in [-0.39, 0.29) is 5.91 Å². The standard InChI is InChI=1S/C21H21N3O2/c1-26-19-9-7-17(8-10-19)11-14-24(16-18-5-3-2-4-6-18)21(25)20-15-22-12-13-23-20/h2-10,12-13,15H,11,14,16H2,1H3. The van der Waals surface area contributed by atoms with E-state index in [9.17, 15) is 4.79 Å². The molecule has 3 aromatic rings. The third kappa shape index (κ3) is 4.66. The minimum atomic E-state index is -0.115. The van der Waals surface area contributed by atoms with Crippen molar-refractivity contribution in [2.24, 2.45) is 0 Å². The minimum Gasteiger partial charge on any atom is -0.497 e. The third-order valence-electron chi connectivity index (χ3n) is 4.12. The van der Waals surface area contributed by atoms with Crippen LogP contribution in [0.4, 0.5) is 0 Å². The number of hydrogen-bond donors (Lipinski definition) is 0. The zero-order valence-electron chi connectivity index (χ0n) is 14.7. The van der Waals surface area contributed by atoms with Gasteiger partial charge in [-0.05, 0) is 29.7 Å². The van der Waals surface area contributed by atoms with Gasteiger partial charge < -0.3 is 9.64 Å². The number of aromatic nitrogens is 2. The molecule has 0 N–H and O–H groups in total. The number of ether oxygens (including phenoxy) is 1. The summed E-state index contributed by atoms with van der Waals surface area (Å²) in [5.74, 6) is 0.709. The van der Waals surface area contributed by atoms with E-state index >= 15 is 0 Å². The monoisotopic (exact) mass is 347 g/mol. The largest absolute Gasteiger partial charge is 0.497 e. The maximum atomic E-state index is 12.9. The molecule has 2 aromatic carbocycles. The summed E-state index contributed by atoms with van der Waals surface area (Å²) in [6.45, 7) is 1.13. The molecule has 0 saturated carbocycles. The molecule has 0 bridgehead atoms. The van der Waals surface area contributed by atoms with Gasteiger partial charge in [-0.3, -0.25) is 9.78 Å². The zero-order valence-corrected chi connectivity index (χ0v) is 14.7. The third-order valence-corrected chi connectivity index (χ3v) is 4.12. The summed E-state index contributed by atoms with van der Waals surface area (Å²) < 4.78 is 5.19. The molecule has 0 radical (unpaired) electrons. The molecular weight excluding hydrogens is 326 g/mol. The first-order valence-electron chi connectivity index (χ1n) is 8.48. The predicted molar refractivity (Wildman–Crippen MR) is 99.9 cm³/mol. The maximum Gasteiger partial charge on any atom is 0.274 e. The number of hydrogen-bond acceptors (Lipinski definition) is 4. The Morgan fingerprint density at radius 2 is 1.77 bits per heavy atom. The van der Waals surface area contributed by atoms with Crippen LogP contribution < -0.4 is 4.74 Å². The molecule has 0 spiro atoms. The maximum absolute atomic E-state index is 12.9. The van der Waals surface area contributed by atoms with Crippen LogP contribution in [0.25, 0.3) is 0 Å². The Labute approximate surface area is 153 Å². The number of amides is 1. The summed E-state index contributed by atoms with van der Waals surface area (Å²) in [6, 6.07) is 17.9. The summed E-state index contributed by atoms with van der Waals surface area (Å²) in [7, 11) is 1.65. The number of benzene rings is 2. The van der Waals surface area contributed by atoms with Gasteiger partial charge in [-0.2, -0.15) is 0 Å². The van der Waals surface area contributed by atoms with Crippen LogP contribution in [-0.2, 0) is 13.0 Å². The van der Waals surface area contributed by atoms with E-state index in [4.69, 9.17) is 4.74 Å². The van der Waals surface area contributed by atoms with Gasteiger partial charge in [0.1, 0.15) is 11.4 Å². The predicted octanol–water partition coefficient (Wildman–Crippen LogP) is 3.37. The Hall–Kier alpha value is -3.21. The van der Waals surface area contributed by atoms with Crippen LogP contribution in [0.1, 0.15) is 21.6 Å². The van der Waals surface area contributed by atoms with Crippen molar-refractivity contribution < 1.29 is 9.53 Å². The fraction of sp³-hybridized carbons (Fsp3) is 0.190. The van der Waals surface area contributed by atoms with E-state index in [1.807, 2.05) is 59.5 Å². The minimum absolute atomic E-state index is 0.115. The molecule has 0 aliphatic heterocycles. The van der Waals surface area contributed by atoms with Crippen molar-refractivity contribution in [3.8, 4) is 5.75 Å². The Kier molecular flexibility index (Phi) is 5.93. The lowest BCUT2D eigenvalue weighted by molar-refractivity contribution is 0.0738. The lowest BCUT2D eigenvalue weighted by atomic mass is 10.1. The molecule has 26 heavy (non-hydrogen) atoms. The van der Waals surface area contributed by atoms with Crippen molar-refractivity contribution in [3.05, 3.63) is 90.0 Å². The van der Waals surface area contributed by atoms with E-state index in [2.05, 4.69) is 9.97 Å². The molecule has 0 unspecified atom stereocenters. The van der Waals surface area contributed by atoms with E-state index < -0.39 is 0 Å². The molecule has 0 fully saturated rings. The Morgan fingerprint density at radius 3 is 2.42 bits per heavy atom. The molecule has 1 heterocycles. The fourth-order valence-corrected chi connectivity index (χ4v) is 2.68. The van der Waals surface area contributed by atoms with E-state index in [0.29, 0.717) is 18.8 Å². The number of rotatable bonds is 7. The van der Waals surface area contributed by atoms with Crippen LogP contribution in [-0.4, -0.2) is 34.4 Å². The highest BCUT2D eigenvalue weighted by atomic mass is 16.5. The van der Waals surface area contributed by atoms with E-state index in [1.165, 1.54) is 12.4 Å². The first-order valence-corrected chi connectivity index (χ1v) is 8.48. The van der Waals surface area contributed by atoms with Crippen molar-refractivity contribution in [1.82, 2.24) is 14.9 Å². The van der Waals surface area contributed by atoms with Gasteiger partial charge in [0.15, 0.2) is 0 Å². The van der Waals surface area contributed by atoms with E-state index in [0.717, 1.165) is 23.3 Å². The van der Waals surface area contributed by atoms with E-state index in [1.54, 1.807) is 13.3 Å². The smallest absolute Gasteiger partial charge is 0.274 e. The molecule has 0 atom stereocenters. The second-order valence-corrected chi connectivity index (χ2v) is 5.90. The summed E-state index contributed by atoms with van der Waals surface area (Å²) in [5, 5.41) is 0. The van der Waals surface area contributed by atoms with Gasteiger partial charge in [0, 0.05) is 25.5 Å². The van der Waals surface area contributed by atoms with Gasteiger partial charge >= 0.3 is 0 Å². The van der Waals surface area contributed by atoms with Gasteiger partial charge in [0.2, 0.25) is 0 Å². The molecule has 5 heteroatoms. The molecule has 132 valence electrons. The van der Waals surface area contributed by atoms with Crippen LogP contribution in [0.3, 0.4) is 0 Å². The number of carbonyl (C=O) groups is 1. The SMILES string of the molecule is COc1ccc(CCN(Cc2ccccc2)C(=O)c2cnccn2)cc1. The van der Waals surface area contributed by atoms with Crippen molar-refractivity contribution in [2.45, 2.75) is 13.0 Å². The zero-order chi connectivity index (χ0) is 18.2. The van der Waals surface area contributed by atoms with Gasteiger partial charge in [-0.15, -0.1) is 0 Å². The average molecular weight is 347 g/mol. The molecule has 5 nitrogen and oxygen atoms in total. The topological polar surface area (TPSA) is 55.3 Å². The van der Waals surface area contributed by atoms with Crippen LogP contribution in [0.15, 0.2) is 73.2 Å². The number of carbonyl (C=O) groups excluding carboxylic acids is 1. The van der Waals surface area contributed by atoms with Gasteiger partial charge in [-0.25, -0.2) is 4.98 Å². The molecule has 1 amide bonds. The molecule has 0 saturated heterocycles. The van der Waals surface area contributed by atoms with Gasteiger partial charge in [0.05, 0.1) is 13.3 Å². The molecule has 1 aromatic heterocycles. The van der Waals surface area contributed by atoms with Gasteiger partial charge in [-0.1, -0.05) is 42.5 Å².